The largest absolute Gasteiger partial charge is 0.493 e. The molecule has 1 aromatic rings. The van der Waals surface area contributed by atoms with Crippen molar-refractivity contribution in [1.82, 2.24) is 5.32 Å². The molecule has 0 saturated carbocycles. The second kappa shape index (κ2) is 5.85. The summed E-state index contributed by atoms with van der Waals surface area (Å²) in [5.41, 5.74) is 0.0440. The molecule has 0 radical (unpaired) electrons. The van der Waals surface area contributed by atoms with E-state index < -0.39 is 0 Å². The molecular formula is C13H20FNO. The third-order valence-corrected chi connectivity index (χ3v) is 2.28. The van der Waals surface area contributed by atoms with Crippen LogP contribution in [0.5, 0.6) is 5.75 Å². The SMILES string of the molecule is CCNCC(C)(C)COc1cccc(F)c1. The quantitative estimate of drug-likeness (QED) is 0.803. The molecule has 1 aromatic carbocycles. The van der Waals surface area contributed by atoms with Crippen molar-refractivity contribution >= 4 is 0 Å². The Balaban J connectivity index is 2.44. The molecule has 1 rings (SSSR count). The van der Waals surface area contributed by atoms with Gasteiger partial charge in [0.25, 0.3) is 0 Å². The molecule has 0 atom stereocenters. The fourth-order valence-corrected chi connectivity index (χ4v) is 1.35. The zero-order valence-corrected chi connectivity index (χ0v) is 10.2. The Kier molecular flexibility index (Phi) is 4.74. The second-order valence-corrected chi connectivity index (χ2v) is 4.69. The van der Waals surface area contributed by atoms with Crippen molar-refractivity contribution in [2.24, 2.45) is 5.41 Å². The van der Waals surface area contributed by atoms with E-state index in [1.807, 2.05) is 0 Å². The van der Waals surface area contributed by atoms with Gasteiger partial charge in [0.1, 0.15) is 11.6 Å². The summed E-state index contributed by atoms with van der Waals surface area (Å²) < 4.78 is 18.5. The van der Waals surface area contributed by atoms with Gasteiger partial charge in [0.05, 0.1) is 6.61 Å². The maximum absolute atomic E-state index is 12.9. The lowest BCUT2D eigenvalue weighted by Gasteiger charge is -2.24. The van der Waals surface area contributed by atoms with Crippen LogP contribution in [0.15, 0.2) is 24.3 Å². The van der Waals surface area contributed by atoms with Crippen molar-refractivity contribution in [2.75, 3.05) is 19.7 Å². The molecule has 0 aliphatic heterocycles. The highest BCUT2D eigenvalue weighted by Gasteiger charge is 2.18. The monoisotopic (exact) mass is 225 g/mol. The first kappa shape index (κ1) is 13.0. The summed E-state index contributed by atoms with van der Waals surface area (Å²) in [5.74, 6) is 0.326. The molecular weight excluding hydrogens is 205 g/mol. The summed E-state index contributed by atoms with van der Waals surface area (Å²) >= 11 is 0. The predicted molar refractivity (Wildman–Crippen MR) is 64.2 cm³/mol. The van der Waals surface area contributed by atoms with E-state index in [9.17, 15) is 4.39 Å². The Morgan fingerprint density at radius 3 is 2.75 bits per heavy atom. The maximum Gasteiger partial charge on any atom is 0.126 e. The van der Waals surface area contributed by atoms with Crippen LogP contribution in [0.25, 0.3) is 0 Å². The normalized spacial score (nSPS) is 11.5. The van der Waals surface area contributed by atoms with Crippen molar-refractivity contribution in [3.8, 4) is 5.75 Å². The van der Waals surface area contributed by atoms with Gasteiger partial charge in [0.15, 0.2) is 0 Å². The van der Waals surface area contributed by atoms with Crippen molar-refractivity contribution in [1.29, 1.82) is 0 Å². The Bertz CT molecular complexity index is 325. The van der Waals surface area contributed by atoms with Crippen molar-refractivity contribution < 1.29 is 9.13 Å². The van der Waals surface area contributed by atoms with Crippen LogP contribution in [0, 0.1) is 11.2 Å². The summed E-state index contributed by atoms with van der Waals surface area (Å²) in [6.07, 6.45) is 0. The zero-order chi connectivity index (χ0) is 12.0. The summed E-state index contributed by atoms with van der Waals surface area (Å²) in [6.45, 7) is 8.72. The highest BCUT2D eigenvalue weighted by atomic mass is 19.1. The van der Waals surface area contributed by atoms with Crippen molar-refractivity contribution in [3.63, 3.8) is 0 Å². The minimum atomic E-state index is -0.262. The van der Waals surface area contributed by atoms with Gasteiger partial charge in [-0.15, -0.1) is 0 Å². The molecule has 0 aliphatic rings. The topological polar surface area (TPSA) is 21.3 Å². The maximum atomic E-state index is 12.9. The molecule has 3 heteroatoms. The van der Waals surface area contributed by atoms with Crippen LogP contribution in [-0.2, 0) is 0 Å². The molecule has 90 valence electrons. The van der Waals surface area contributed by atoms with Crippen LogP contribution < -0.4 is 10.1 Å². The van der Waals surface area contributed by atoms with E-state index in [0.29, 0.717) is 12.4 Å². The third kappa shape index (κ3) is 4.62. The number of nitrogens with one attached hydrogen (secondary N) is 1. The average Bonchev–Trinajstić information content (AvgIpc) is 2.24. The minimum Gasteiger partial charge on any atom is -0.493 e. The number of benzene rings is 1. The van der Waals surface area contributed by atoms with E-state index in [-0.39, 0.29) is 11.2 Å². The van der Waals surface area contributed by atoms with E-state index >= 15 is 0 Å². The van der Waals surface area contributed by atoms with E-state index in [4.69, 9.17) is 4.74 Å². The number of halogens is 1. The van der Waals surface area contributed by atoms with Gasteiger partial charge in [-0.3, -0.25) is 0 Å². The molecule has 16 heavy (non-hydrogen) atoms. The van der Waals surface area contributed by atoms with Crippen LogP contribution in [0.3, 0.4) is 0 Å². The van der Waals surface area contributed by atoms with Crippen LogP contribution in [0.2, 0.25) is 0 Å². The Hall–Kier alpha value is -1.09. The summed E-state index contributed by atoms with van der Waals surface area (Å²) in [7, 11) is 0. The lowest BCUT2D eigenvalue weighted by molar-refractivity contribution is 0.176. The van der Waals surface area contributed by atoms with Gasteiger partial charge >= 0.3 is 0 Å². The first-order chi connectivity index (χ1) is 7.53. The van der Waals surface area contributed by atoms with Gasteiger partial charge in [-0.05, 0) is 18.7 Å². The second-order valence-electron chi connectivity index (χ2n) is 4.69. The summed E-state index contributed by atoms with van der Waals surface area (Å²) in [6, 6.07) is 6.24. The highest BCUT2D eigenvalue weighted by molar-refractivity contribution is 5.22. The fourth-order valence-electron chi connectivity index (χ4n) is 1.35. The van der Waals surface area contributed by atoms with Gasteiger partial charge in [-0.2, -0.15) is 0 Å². The zero-order valence-electron chi connectivity index (χ0n) is 10.2. The van der Waals surface area contributed by atoms with E-state index in [1.165, 1.54) is 12.1 Å². The number of hydrogen-bond donors (Lipinski definition) is 1. The Morgan fingerprint density at radius 2 is 2.12 bits per heavy atom. The molecule has 0 bridgehead atoms. The van der Waals surface area contributed by atoms with Crippen LogP contribution in [0.4, 0.5) is 4.39 Å². The van der Waals surface area contributed by atoms with Gasteiger partial charge in [0, 0.05) is 18.0 Å². The van der Waals surface area contributed by atoms with E-state index in [0.717, 1.165) is 13.1 Å². The number of ether oxygens (including phenoxy) is 1. The first-order valence-corrected chi connectivity index (χ1v) is 5.62. The smallest absolute Gasteiger partial charge is 0.126 e. The molecule has 2 nitrogen and oxygen atoms in total. The fraction of sp³-hybridized carbons (Fsp3) is 0.538. The first-order valence-electron chi connectivity index (χ1n) is 5.62. The lowest BCUT2D eigenvalue weighted by Crippen LogP contribution is -2.34. The van der Waals surface area contributed by atoms with Gasteiger partial charge < -0.3 is 10.1 Å². The molecule has 0 heterocycles. The van der Waals surface area contributed by atoms with Gasteiger partial charge in [-0.1, -0.05) is 26.8 Å². The minimum absolute atomic E-state index is 0.0440. The lowest BCUT2D eigenvalue weighted by atomic mass is 9.95. The molecule has 0 fully saturated rings. The van der Waals surface area contributed by atoms with Crippen LogP contribution in [0.1, 0.15) is 20.8 Å². The van der Waals surface area contributed by atoms with Crippen molar-refractivity contribution in [3.05, 3.63) is 30.1 Å². The third-order valence-electron chi connectivity index (χ3n) is 2.28. The molecule has 0 unspecified atom stereocenters. The molecule has 0 saturated heterocycles. The Labute approximate surface area is 96.8 Å². The summed E-state index contributed by atoms with van der Waals surface area (Å²) in [4.78, 5) is 0. The highest BCUT2D eigenvalue weighted by Crippen LogP contribution is 2.18. The van der Waals surface area contributed by atoms with Gasteiger partial charge in [0.2, 0.25) is 0 Å². The van der Waals surface area contributed by atoms with Crippen LogP contribution >= 0.6 is 0 Å². The van der Waals surface area contributed by atoms with Crippen molar-refractivity contribution in [2.45, 2.75) is 20.8 Å². The summed E-state index contributed by atoms with van der Waals surface area (Å²) in [5, 5.41) is 3.28. The number of rotatable bonds is 6. The molecule has 0 spiro atoms. The Morgan fingerprint density at radius 1 is 1.38 bits per heavy atom. The predicted octanol–water partition coefficient (Wildman–Crippen LogP) is 2.84. The average molecular weight is 225 g/mol. The molecule has 0 amide bonds. The van der Waals surface area contributed by atoms with E-state index in [1.54, 1.807) is 12.1 Å². The van der Waals surface area contributed by atoms with Gasteiger partial charge in [-0.25, -0.2) is 4.39 Å². The van der Waals surface area contributed by atoms with Crippen LogP contribution in [-0.4, -0.2) is 19.7 Å². The standard InChI is InChI=1S/C13H20FNO/c1-4-15-9-13(2,3)10-16-12-7-5-6-11(14)8-12/h5-8,15H,4,9-10H2,1-3H3. The van der Waals surface area contributed by atoms with E-state index in [2.05, 4.69) is 26.1 Å². The molecule has 1 N–H and O–H groups in total. The number of hydrogen-bond acceptors (Lipinski definition) is 2. The molecule has 0 aromatic heterocycles. The molecule has 0 aliphatic carbocycles.